The third kappa shape index (κ3) is 2.41. The number of esters is 1. The summed E-state index contributed by atoms with van der Waals surface area (Å²) >= 11 is 0. The molecule has 0 spiro atoms. The van der Waals surface area contributed by atoms with Crippen LogP contribution in [0, 0.1) is 0 Å². The molecule has 0 aromatic rings. The Kier molecular flexibility index (Phi) is 3.16. The standard InChI is InChI=1S/C5H9FO3/c1-3(6)4(7)5(8)9-2/h3-4,7H,1-2H3. The van der Waals surface area contributed by atoms with Gasteiger partial charge in [-0.1, -0.05) is 0 Å². The van der Waals surface area contributed by atoms with Crippen molar-refractivity contribution in [2.45, 2.75) is 19.2 Å². The van der Waals surface area contributed by atoms with Gasteiger partial charge in [0.05, 0.1) is 7.11 Å². The zero-order valence-electron chi connectivity index (χ0n) is 5.30. The van der Waals surface area contributed by atoms with Gasteiger partial charge >= 0.3 is 5.97 Å². The Bertz CT molecular complexity index is 102. The fourth-order valence-corrected chi connectivity index (χ4v) is 0.308. The van der Waals surface area contributed by atoms with E-state index in [0.717, 1.165) is 14.0 Å². The number of hydrogen-bond donors (Lipinski definition) is 1. The molecule has 9 heavy (non-hydrogen) atoms. The van der Waals surface area contributed by atoms with Crippen molar-refractivity contribution in [3.05, 3.63) is 0 Å². The van der Waals surface area contributed by atoms with Gasteiger partial charge in [0.2, 0.25) is 0 Å². The number of hydrogen-bond acceptors (Lipinski definition) is 3. The molecule has 0 saturated heterocycles. The van der Waals surface area contributed by atoms with E-state index in [1.165, 1.54) is 0 Å². The number of aliphatic hydroxyl groups excluding tert-OH is 1. The van der Waals surface area contributed by atoms with E-state index < -0.39 is 18.2 Å². The van der Waals surface area contributed by atoms with Crippen molar-refractivity contribution in [3.8, 4) is 0 Å². The van der Waals surface area contributed by atoms with E-state index >= 15 is 0 Å². The summed E-state index contributed by atoms with van der Waals surface area (Å²) in [6.07, 6.45) is -3.22. The molecule has 0 radical (unpaired) electrons. The van der Waals surface area contributed by atoms with Gasteiger partial charge in [-0.3, -0.25) is 0 Å². The zero-order valence-corrected chi connectivity index (χ0v) is 5.30. The fourth-order valence-electron chi connectivity index (χ4n) is 0.308. The normalized spacial score (nSPS) is 16.4. The maximum absolute atomic E-state index is 12.0. The molecule has 0 aliphatic heterocycles. The van der Waals surface area contributed by atoms with E-state index in [0.29, 0.717) is 0 Å². The predicted molar refractivity (Wildman–Crippen MR) is 28.6 cm³/mol. The molecule has 54 valence electrons. The van der Waals surface area contributed by atoms with E-state index in [9.17, 15) is 9.18 Å². The van der Waals surface area contributed by atoms with Crippen LogP contribution in [0.5, 0.6) is 0 Å². The van der Waals surface area contributed by atoms with Crippen LogP contribution in [-0.2, 0) is 9.53 Å². The van der Waals surface area contributed by atoms with Crippen molar-refractivity contribution in [2.75, 3.05) is 7.11 Å². The minimum absolute atomic E-state index is 0.940. The van der Waals surface area contributed by atoms with Crippen LogP contribution in [0.2, 0.25) is 0 Å². The molecule has 0 amide bonds. The zero-order chi connectivity index (χ0) is 7.44. The van der Waals surface area contributed by atoms with Crippen molar-refractivity contribution in [2.24, 2.45) is 0 Å². The van der Waals surface area contributed by atoms with Gasteiger partial charge in [0, 0.05) is 0 Å². The summed E-state index contributed by atoms with van der Waals surface area (Å²) in [5, 5.41) is 8.55. The topological polar surface area (TPSA) is 46.5 Å². The average Bonchev–Trinajstić information content (AvgIpc) is 1.84. The smallest absolute Gasteiger partial charge is 0.337 e. The Balaban J connectivity index is 3.72. The first-order chi connectivity index (χ1) is 4.09. The van der Waals surface area contributed by atoms with Gasteiger partial charge in [-0.05, 0) is 6.92 Å². The van der Waals surface area contributed by atoms with Crippen LogP contribution in [-0.4, -0.2) is 30.5 Å². The van der Waals surface area contributed by atoms with E-state index in [1.807, 2.05) is 0 Å². The van der Waals surface area contributed by atoms with Crippen LogP contribution in [0.25, 0.3) is 0 Å². The van der Waals surface area contributed by atoms with Gasteiger partial charge in [0.1, 0.15) is 6.17 Å². The van der Waals surface area contributed by atoms with Crippen molar-refractivity contribution >= 4 is 5.97 Å². The second kappa shape index (κ2) is 3.40. The van der Waals surface area contributed by atoms with Crippen LogP contribution >= 0.6 is 0 Å². The average molecular weight is 136 g/mol. The monoisotopic (exact) mass is 136 g/mol. The summed E-state index contributed by atoms with van der Waals surface area (Å²) in [5.41, 5.74) is 0. The summed E-state index contributed by atoms with van der Waals surface area (Å²) in [6.45, 7) is 1.08. The van der Waals surface area contributed by atoms with Gasteiger partial charge in [0.15, 0.2) is 6.10 Å². The lowest BCUT2D eigenvalue weighted by Gasteiger charge is -2.07. The molecule has 1 N–H and O–H groups in total. The highest BCUT2D eigenvalue weighted by molar-refractivity contribution is 5.74. The number of aliphatic hydroxyl groups is 1. The quantitative estimate of drug-likeness (QED) is 0.538. The predicted octanol–water partition coefficient (Wildman–Crippen LogP) is -0.122. The first-order valence-electron chi connectivity index (χ1n) is 2.49. The maximum Gasteiger partial charge on any atom is 0.337 e. The molecule has 0 aliphatic carbocycles. The number of halogens is 1. The third-order valence-electron chi connectivity index (χ3n) is 0.878. The van der Waals surface area contributed by atoms with Crippen LogP contribution in [0.1, 0.15) is 6.92 Å². The molecule has 0 aromatic carbocycles. The molecule has 0 rings (SSSR count). The van der Waals surface area contributed by atoms with Crippen molar-refractivity contribution in [3.63, 3.8) is 0 Å². The molecule has 0 aliphatic rings. The first-order valence-corrected chi connectivity index (χ1v) is 2.49. The van der Waals surface area contributed by atoms with Gasteiger partial charge in [-0.25, -0.2) is 9.18 Å². The van der Waals surface area contributed by atoms with E-state index in [4.69, 9.17) is 5.11 Å². The summed E-state index contributed by atoms with van der Waals surface area (Å²) in [4.78, 5) is 10.2. The summed E-state index contributed by atoms with van der Waals surface area (Å²) < 4.78 is 16.0. The fraction of sp³-hybridized carbons (Fsp3) is 0.800. The SMILES string of the molecule is COC(=O)C(O)C(C)F. The number of methoxy groups -OCH3 is 1. The highest BCUT2D eigenvalue weighted by Crippen LogP contribution is 1.98. The summed E-state index contributed by atoms with van der Waals surface area (Å²) in [7, 11) is 1.09. The second-order valence-corrected chi connectivity index (χ2v) is 1.65. The van der Waals surface area contributed by atoms with Gasteiger partial charge in [-0.15, -0.1) is 0 Å². The van der Waals surface area contributed by atoms with Crippen molar-refractivity contribution < 1.29 is 19.0 Å². The third-order valence-corrected chi connectivity index (χ3v) is 0.878. The number of rotatable bonds is 2. The van der Waals surface area contributed by atoms with Gasteiger partial charge in [-0.2, -0.15) is 0 Å². The lowest BCUT2D eigenvalue weighted by Crippen LogP contribution is -2.29. The Morgan fingerprint density at radius 3 is 2.33 bits per heavy atom. The van der Waals surface area contributed by atoms with Crippen LogP contribution in [0.3, 0.4) is 0 Å². The molecular weight excluding hydrogens is 127 g/mol. The van der Waals surface area contributed by atoms with Crippen LogP contribution < -0.4 is 0 Å². The molecule has 2 atom stereocenters. The lowest BCUT2D eigenvalue weighted by atomic mass is 10.2. The van der Waals surface area contributed by atoms with Crippen LogP contribution in [0.15, 0.2) is 0 Å². The highest BCUT2D eigenvalue weighted by Gasteiger charge is 2.21. The minimum Gasteiger partial charge on any atom is -0.467 e. The Morgan fingerprint density at radius 2 is 2.22 bits per heavy atom. The van der Waals surface area contributed by atoms with Gasteiger partial charge < -0.3 is 9.84 Å². The van der Waals surface area contributed by atoms with Crippen molar-refractivity contribution in [1.82, 2.24) is 0 Å². The second-order valence-electron chi connectivity index (χ2n) is 1.65. The first kappa shape index (κ1) is 8.36. The number of carbonyl (C=O) groups is 1. The molecule has 0 heterocycles. The number of carbonyl (C=O) groups excluding carboxylic acids is 1. The highest BCUT2D eigenvalue weighted by atomic mass is 19.1. The molecule has 0 bridgehead atoms. The molecule has 0 fully saturated rings. The maximum atomic E-state index is 12.0. The Morgan fingerprint density at radius 1 is 1.78 bits per heavy atom. The lowest BCUT2D eigenvalue weighted by molar-refractivity contribution is -0.153. The van der Waals surface area contributed by atoms with Crippen molar-refractivity contribution in [1.29, 1.82) is 0 Å². The van der Waals surface area contributed by atoms with E-state index in [-0.39, 0.29) is 0 Å². The molecule has 0 saturated carbocycles. The summed E-state index contributed by atoms with van der Waals surface area (Å²) in [6, 6.07) is 0. The Labute approximate surface area is 52.4 Å². The molecule has 2 unspecified atom stereocenters. The van der Waals surface area contributed by atoms with E-state index in [1.54, 1.807) is 0 Å². The molecular formula is C5H9FO3. The number of ether oxygens (including phenoxy) is 1. The minimum atomic E-state index is -1.64. The molecule has 3 nitrogen and oxygen atoms in total. The molecule has 0 aromatic heterocycles. The van der Waals surface area contributed by atoms with E-state index in [2.05, 4.69) is 4.74 Å². The molecule has 4 heteroatoms. The number of alkyl halides is 1. The van der Waals surface area contributed by atoms with Crippen LogP contribution in [0.4, 0.5) is 4.39 Å². The summed E-state index contributed by atoms with van der Waals surface area (Å²) in [5.74, 6) is -0.940. The Hall–Kier alpha value is -0.640. The largest absolute Gasteiger partial charge is 0.467 e. The van der Waals surface area contributed by atoms with Gasteiger partial charge in [0.25, 0.3) is 0 Å².